The maximum absolute atomic E-state index is 8.12. The van der Waals surface area contributed by atoms with E-state index in [1.807, 2.05) is 0 Å². The third-order valence-electron chi connectivity index (χ3n) is 6.64. The molecule has 3 unspecified atom stereocenters. The Balaban J connectivity index is 0.000000918. The first-order valence-electron chi connectivity index (χ1n) is 9.42. The minimum absolute atomic E-state index is 0.250. The van der Waals surface area contributed by atoms with Gasteiger partial charge < -0.3 is 0 Å². The quantitative estimate of drug-likeness (QED) is 0.633. The van der Waals surface area contributed by atoms with Gasteiger partial charge in [0.05, 0.1) is 0 Å². The molecule has 146 valence electrons. The molecule has 0 aromatic carbocycles. The van der Waals surface area contributed by atoms with Crippen LogP contribution in [-0.2, 0) is 19.2 Å². The van der Waals surface area contributed by atoms with Crippen LogP contribution in [0.15, 0.2) is 23.8 Å². The summed E-state index contributed by atoms with van der Waals surface area (Å²) in [5.41, 5.74) is 4.12. The Labute approximate surface area is 158 Å². The zero-order valence-electron chi connectivity index (χ0n) is 17.0. The van der Waals surface area contributed by atoms with Crippen LogP contribution in [0.4, 0.5) is 0 Å². The first-order chi connectivity index (χ1) is 12.1. The lowest BCUT2D eigenvalue weighted by atomic mass is 9.47. The fraction of sp³-hybridized carbons (Fsp3) is 0.727. The first kappa shape index (κ1) is 24.2. The molecule has 2 rings (SSSR count). The van der Waals surface area contributed by atoms with E-state index in [9.17, 15) is 0 Å². The van der Waals surface area contributed by atoms with Crippen LogP contribution in [0, 0.1) is 22.7 Å². The van der Waals surface area contributed by atoms with Gasteiger partial charge in [-0.3, -0.25) is 0 Å². The van der Waals surface area contributed by atoms with E-state index in [4.69, 9.17) is 19.2 Å². The molecule has 0 spiro atoms. The van der Waals surface area contributed by atoms with Crippen molar-refractivity contribution in [3.05, 3.63) is 23.8 Å². The Morgan fingerprint density at radius 3 is 2.19 bits per heavy atom. The van der Waals surface area contributed by atoms with Gasteiger partial charge in [0.25, 0.3) is 0 Å². The van der Waals surface area contributed by atoms with Gasteiger partial charge in [-0.2, -0.15) is 19.2 Å². The lowest BCUT2D eigenvalue weighted by Gasteiger charge is -2.58. The van der Waals surface area contributed by atoms with Gasteiger partial charge in [-0.25, -0.2) is 0 Å². The Bertz CT molecular complexity index is 549. The van der Waals surface area contributed by atoms with Gasteiger partial charge in [-0.05, 0) is 75.0 Å². The van der Waals surface area contributed by atoms with E-state index in [0.717, 1.165) is 11.8 Å². The maximum atomic E-state index is 8.12. The summed E-state index contributed by atoms with van der Waals surface area (Å²) in [5, 5.41) is 0. The number of allylic oxidation sites excluding steroid dienone is 3. The van der Waals surface area contributed by atoms with Gasteiger partial charge in [-0.15, -0.1) is 0 Å². The van der Waals surface area contributed by atoms with Gasteiger partial charge in [0, 0.05) is 0 Å². The molecule has 26 heavy (non-hydrogen) atoms. The van der Waals surface area contributed by atoms with Crippen molar-refractivity contribution in [2.45, 2.75) is 79.6 Å². The molecule has 0 bridgehead atoms. The normalized spacial score (nSPS) is 29.6. The van der Waals surface area contributed by atoms with E-state index in [0.29, 0.717) is 10.8 Å². The molecule has 2 aliphatic rings. The van der Waals surface area contributed by atoms with Crippen LogP contribution in [0.3, 0.4) is 0 Å². The molecule has 2 saturated carbocycles. The van der Waals surface area contributed by atoms with Gasteiger partial charge in [0.2, 0.25) is 0 Å². The molecule has 2 aliphatic carbocycles. The molecule has 0 N–H and O–H groups in total. The van der Waals surface area contributed by atoms with E-state index in [1.54, 1.807) is 11.1 Å². The third kappa shape index (κ3) is 6.20. The second kappa shape index (κ2) is 11.1. The molecule has 0 amide bonds. The second-order valence-electron chi connectivity index (χ2n) is 8.49. The van der Waals surface area contributed by atoms with Gasteiger partial charge in [0.15, 0.2) is 0 Å². The number of fused-ring (bicyclic) bond motifs is 1. The standard InChI is InChI=1S/C20H34.2CO2/c1-7-15(2)9-11-17-16(3)10-12-18-19(4,5)13-8-14-20(17,18)6;2*2-1-3/h7,17-18H,3,8-14H2,1-2,4-6H3;;/b15-7+;;. The van der Waals surface area contributed by atoms with Crippen LogP contribution in [-0.4, -0.2) is 12.3 Å². The largest absolute Gasteiger partial charge is 0.373 e. The molecule has 0 radical (unpaired) electrons. The minimum atomic E-state index is 0.250. The number of rotatable bonds is 3. The highest BCUT2D eigenvalue weighted by atomic mass is 16.2. The van der Waals surface area contributed by atoms with Crippen molar-refractivity contribution in [3.63, 3.8) is 0 Å². The average Bonchev–Trinajstić information content (AvgIpc) is 2.54. The van der Waals surface area contributed by atoms with Gasteiger partial charge in [0.1, 0.15) is 0 Å². The Hall–Kier alpha value is -1.76. The average molecular weight is 363 g/mol. The van der Waals surface area contributed by atoms with Crippen molar-refractivity contribution >= 4 is 12.3 Å². The van der Waals surface area contributed by atoms with E-state index in [-0.39, 0.29) is 12.3 Å². The van der Waals surface area contributed by atoms with Crippen molar-refractivity contribution in [3.8, 4) is 0 Å². The summed E-state index contributed by atoms with van der Waals surface area (Å²) in [6.07, 6.45) is 12.2. The lowest BCUT2D eigenvalue weighted by molar-refractivity contribution is -0.193. The summed E-state index contributed by atoms with van der Waals surface area (Å²) < 4.78 is 0. The predicted octanol–water partition coefficient (Wildman–Crippen LogP) is 5.36. The molecule has 0 heterocycles. The highest BCUT2D eigenvalue weighted by molar-refractivity contribution is 5.20. The van der Waals surface area contributed by atoms with Crippen molar-refractivity contribution in [1.82, 2.24) is 0 Å². The summed E-state index contributed by atoms with van der Waals surface area (Å²) in [4.78, 5) is 32.5. The second-order valence-corrected chi connectivity index (χ2v) is 8.49. The number of carbonyl (C=O) groups excluding carboxylic acids is 4. The zero-order valence-corrected chi connectivity index (χ0v) is 17.0. The van der Waals surface area contributed by atoms with Crippen molar-refractivity contribution in [2.24, 2.45) is 22.7 Å². The fourth-order valence-corrected chi connectivity index (χ4v) is 5.32. The Kier molecular flexibility index (Phi) is 10.3. The molecule has 0 saturated heterocycles. The van der Waals surface area contributed by atoms with Crippen molar-refractivity contribution in [2.75, 3.05) is 0 Å². The number of hydrogen-bond donors (Lipinski definition) is 0. The highest BCUT2D eigenvalue weighted by Crippen LogP contribution is 2.61. The minimum Gasteiger partial charge on any atom is -0.186 e. The van der Waals surface area contributed by atoms with E-state index < -0.39 is 0 Å². The molecular weight excluding hydrogens is 328 g/mol. The third-order valence-corrected chi connectivity index (χ3v) is 6.64. The highest BCUT2D eigenvalue weighted by Gasteiger charge is 2.52. The fourth-order valence-electron chi connectivity index (χ4n) is 5.32. The maximum Gasteiger partial charge on any atom is 0.373 e. The monoisotopic (exact) mass is 362 g/mol. The topological polar surface area (TPSA) is 68.3 Å². The van der Waals surface area contributed by atoms with Crippen LogP contribution < -0.4 is 0 Å². The van der Waals surface area contributed by atoms with Crippen molar-refractivity contribution < 1.29 is 19.2 Å². The molecule has 0 aromatic rings. The zero-order chi connectivity index (χ0) is 20.4. The summed E-state index contributed by atoms with van der Waals surface area (Å²) in [7, 11) is 0. The predicted molar refractivity (Wildman–Crippen MR) is 99.8 cm³/mol. The van der Waals surface area contributed by atoms with Crippen molar-refractivity contribution in [1.29, 1.82) is 0 Å². The van der Waals surface area contributed by atoms with Gasteiger partial charge >= 0.3 is 12.3 Å². The molecule has 4 heteroatoms. The first-order valence-corrected chi connectivity index (χ1v) is 9.42. The van der Waals surface area contributed by atoms with Crippen LogP contribution in [0.25, 0.3) is 0 Å². The van der Waals surface area contributed by atoms with Crippen LogP contribution in [0.2, 0.25) is 0 Å². The van der Waals surface area contributed by atoms with Gasteiger partial charge in [-0.1, -0.05) is 51.0 Å². The summed E-state index contributed by atoms with van der Waals surface area (Å²) in [6.45, 7) is 16.5. The molecule has 4 nitrogen and oxygen atoms in total. The molecule has 2 fully saturated rings. The SMILES string of the molecule is C=C1CCC2C(C)(C)CCCC2(C)C1CC/C(C)=C/C.O=C=O.O=C=O. The molecule has 0 aliphatic heterocycles. The number of hydrogen-bond acceptors (Lipinski definition) is 4. The molecule has 3 atom stereocenters. The smallest absolute Gasteiger partial charge is 0.186 e. The van der Waals surface area contributed by atoms with E-state index in [1.165, 1.54) is 44.9 Å². The Morgan fingerprint density at radius 2 is 1.69 bits per heavy atom. The van der Waals surface area contributed by atoms with E-state index >= 15 is 0 Å². The van der Waals surface area contributed by atoms with Crippen LogP contribution in [0.1, 0.15) is 79.6 Å². The lowest BCUT2D eigenvalue weighted by Crippen LogP contribution is -2.49. The Morgan fingerprint density at radius 1 is 1.15 bits per heavy atom. The molecular formula is C22H34O4. The van der Waals surface area contributed by atoms with Crippen LogP contribution in [0.5, 0.6) is 0 Å². The molecule has 0 aromatic heterocycles. The van der Waals surface area contributed by atoms with E-state index in [2.05, 4.69) is 47.3 Å². The van der Waals surface area contributed by atoms with Crippen LogP contribution >= 0.6 is 0 Å². The summed E-state index contributed by atoms with van der Waals surface area (Å²) in [5.74, 6) is 1.64. The summed E-state index contributed by atoms with van der Waals surface area (Å²) in [6, 6.07) is 0. The summed E-state index contributed by atoms with van der Waals surface area (Å²) >= 11 is 0.